The Labute approximate surface area is 91.5 Å². The first-order valence-corrected chi connectivity index (χ1v) is 5.82. The van der Waals surface area contributed by atoms with Crippen LogP contribution in [0.15, 0.2) is 18.2 Å². The highest BCUT2D eigenvalue weighted by atomic mass is 16.3. The summed E-state index contributed by atoms with van der Waals surface area (Å²) in [5, 5.41) is 9.76. The highest BCUT2D eigenvalue weighted by Gasteiger charge is 2.27. The molecule has 1 N–H and O–H groups in total. The zero-order valence-electron chi connectivity index (χ0n) is 9.53. The predicted octanol–water partition coefficient (Wildman–Crippen LogP) is 2.72. The van der Waals surface area contributed by atoms with Crippen molar-refractivity contribution in [3.63, 3.8) is 0 Å². The Morgan fingerprint density at radius 2 is 2.07 bits per heavy atom. The molecule has 0 spiro atoms. The first-order chi connectivity index (χ1) is 7.27. The Morgan fingerprint density at radius 3 is 2.73 bits per heavy atom. The SMILES string of the molecule is CCN(CC)C1CCc2c(O)cccc21. The quantitative estimate of drug-likeness (QED) is 0.820. The van der Waals surface area contributed by atoms with Gasteiger partial charge < -0.3 is 5.11 Å². The van der Waals surface area contributed by atoms with Gasteiger partial charge in [0, 0.05) is 6.04 Å². The molecule has 0 fully saturated rings. The number of aromatic hydroxyl groups is 1. The normalized spacial score (nSPS) is 19.5. The maximum Gasteiger partial charge on any atom is 0.119 e. The second-order valence-corrected chi connectivity index (χ2v) is 4.12. The zero-order chi connectivity index (χ0) is 10.8. The lowest BCUT2D eigenvalue weighted by atomic mass is 10.1. The monoisotopic (exact) mass is 205 g/mol. The van der Waals surface area contributed by atoms with Gasteiger partial charge in [-0.2, -0.15) is 0 Å². The van der Waals surface area contributed by atoms with E-state index in [0.717, 1.165) is 31.5 Å². The van der Waals surface area contributed by atoms with E-state index in [0.29, 0.717) is 11.8 Å². The summed E-state index contributed by atoms with van der Waals surface area (Å²) in [7, 11) is 0. The maximum atomic E-state index is 9.76. The first-order valence-electron chi connectivity index (χ1n) is 5.82. The van der Waals surface area contributed by atoms with Crippen molar-refractivity contribution in [3.05, 3.63) is 29.3 Å². The number of nitrogens with zero attached hydrogens (tertiary/aromatic N) is 1. The lowest BCUT2D eigenvalue weighted by Crippen LogP contribution is -2.26. The van der Waals surface area contributed by atoms with Crippen LogP contribution in [-0.2, 0) is 6.42 Å². The molecule has 1 atom stereocenters. The molecule has 1 unspecified atom stereocenters. The molecular formula is C13H19NO. The largest absolute Gasteiger partial charge is 0.508 e. The zero-order valence-corrected chi connectivity index (χ0v) is 9.53. The molecule has 0 amide bonds. The fourth-order valence-electron chi connectivity index (χ4n) is 2.66. The second-order valence-electron chi connectivity index (χ2n) is 4.12. The molecule has 1 aliphatic rings. The summed E-state index contributed by atoms with van der Waals surface area (Å²) in [6.45, 7) is 6.56. The van der Waals surface area contributed by atoms with Crippen LogP contribution in [0.5, 0.6) is 5.75 Å². The van der Waals surface area contributed by atoms with Gasteiger partial charge in [-0.15, -0.1) is 0 Å². The van der Waals surface area contributed by atoms with Gasteiger partial charge in [0.05, 0.1) is 0 Å². The van der Waals surface area contributed by atoms with Crippen LogP contribution in [0.2, 0.25) is 0 Å². The highest BCUT2D eigenvalue weighted by molar-refractivity contribution is 5.44. The molecule has 0 aliphatic heterocycles. The molecule has 1 aliphatic carbocycles. The maximum absolute atomic E-state index is 9.76. The van der Waals surface area contributed by atoms with E-state index in [1.165, 1.54) is 5.56 Å². The summed E-state index contributed by atoms with van der Waals surface area (Å²) in [6.07, 6.45) is 2.16. The summed E-state index contributed by atoms with van der Waals surface area (Å²) in [5.41, 5.74) is 2.49. The van der Waals surface area contributed by atoms with Gasteiger partial charge >= 0.3 is 0 Å². The summed E-state index contributed by atoms with van der Waals surface area (Å²) in [4.78, 5) is 2.46. The Morgan fingerprint density at radius 1 is 1.33 bits per heavy atom. The molecular weight excluding hydrogens is 186 g/mol. The minimum Gasteiger partial charge on any atom is -0.508 e. The molecule has 2 heteroatoms. The van der Waals surface area contributed by atoms with E-state index in [-0.39, 0.29) is 0 Å². The average Bonchev–Trinajstić information content (AvgIpc) is 2.66. The van der Waals surface area contributed by atoms with Gasteiger partial charge in [-0.25, -0.2) is 0 Å². The first kappa shape index (κ1) is 10.5. The molecule has 0 bridgehead atoms. The van der Waals surface area contributed by atoms with Gasteiger partial charge in [0.15, 0.2) is 0 Å². The van der Waals surface area contributed by atoms with Crippen molar-refractivity contribution < 1.29 is 5.11 Å². The number of hydrogen-bond donors (Lipinski definition) is 1. The lowest BCUT2D eigenvalue weighted by molar-refractivity contribution is 0.218. The lowest BCUT2D eigenvalue weighted by Gasteiger charge is -2.26. The molecule has 0 saturated heterocycles. The summed E-state index contributed by atoms with van der Waals surface area (Å²) in [6, 6.07) is 6.42. The molecule has 0 aromatic heterocycles. The van der Waals surface area contributed by atoms with Gasteiger partial charge in [-0.3, -0.25) is 4.90 Å². The fourth-order valence-corrected chi connectivity index (χ4v) is 2.66. The van der Waals surface area contributed by atoms with Crippen LogP contribution < -0.4 is 0 Å². The predicted molar refractivity (Wildman–Crippen MR) is 62.1 cm³/mol. The summed E-state index contributed by atoms with van der Waals surface area (Å²) >= 11 is 0. The van der Waals surface area contributed by atoms with E-state index >= 15 is 0 Å². The van der Waals surface area contributed by atoms with Crippen molar-refractivity contribution in [1.82, 2.24) is 4.90 Å². The van der Waals surface area contributed by atoms with Crippen molar-refractivity contribution >= 4 is 0 Å². The van der Waals surface area contributed by atoms with E-state index in [1.807, 2.05) is 6.07 Å². The Hall–Kier alpha value is -1.02. The number of rotatable bonds is 3. The van der Waals surface area contributed by atoms with Crippen LogP contribution in [0.3, 0.4) is 0 Å². The number of phenolic OH excluding ortho intramolecular Hbond substituents is 1. The van der Waals surface area contributed by atoms with Gasteiger partial charge in [-0.1, -0.05) is 26.0 Å². The molecule has 1 aromatic carbocycles. The van der Waals surface area contributed by atoms with E-state index in [9.17, 15) is 5.11 Å². The van der Waals surface area contributed by atoms with Crippen molar-refractivity contribution in [1.29, 1.82) is 0 Å². The van der Waals surface area contributed by atoms with E-state index in [1.54, 1.807) is 6.07 Å². The molecule has 0 heterocycles. The topological polar surface area (TPSA) is 23.5 Å². The minimum absolute atomic E-state index is 0.474. The van der Waals surface area contributed by atoms with Crippen LogP contribution in [0, 0.1) is 0 Å². The van der Waals surface area contributed by atoms with Crippen LogP contribution >= 0.6 is 0 Å². The molecule has 0 radical (unpaired) electrons. The summed E-state index contributed by atoms with van der Waals surface area (Å²) in [5.74, 6) is 0.474. The minimum atomic E-state index is 0.474. The molecule has 0 saturated carbocycles. The van der Waals surface area contributed by atoms with Crippen LogP contribution in [0.1, 0.15) is 37.4 Å². The molecule has 1 aromatic rings. The van der Waals surface area contributed by atoms with E-state index in [4.69, 9.17) is 0 Å². The van der Waals surface area contributed by atoms with E-state index < -0.39 is 0 Å². The number of hydrogen-bond acceptors (Lipinski definition) is 2. The van der Waals surface area contributed by atoms with Gasteiger partial charge in [0.1, 0.15) is 5.75 Å². The Balaban J connectivity index is 2.32. The van der Waals surface area contributed by atoms with Crippen molar-refractivity contribution in [2.45, 2.75) is 32.7 Å². The second kappa shape index (κ2) is 4.23. The van der Waals surface area contributed by atoms with Crippen molar-refractivity contribution in [3.8, 4) is 5.75 Å². The third-order valence-electron chi connectivity index (χ3n) is 3.47. The van der Waals surface area contributed by atoms with Crippen LogP contribution in [-0.4, -0.2) is 23.1 Å². The van der Waals surface area contributed by atoms with Gasteiger partial charge in [0.25, 0.3) is 0 Å². The van der Waals surface area contributed by atoms with Gasteiger partial charge in [-0.05, 0) is 43.1 Å². The van der Waals surface area contributed by atoms with Crippen LogP contribution in [0.4, 0.5) is 0 Å². The number of fused-ring (bicyclic) bond motifs is 1. The highest BCUT2D eigenvalue weighted by Crippen LogP contribution is 2.39. The van der Waals surface area contributed by atoms with Crippen molar-refractivity contribution in [2.75, 3.05) is 13.1 Å². The number of benzene rings is 1. The number of phenols is 1. The third-order valence-corrected chi connectivity index (χ3v) is 3.47. The third kappa shape index (κ3) is 1.74. The Kier molecular flexibility index (Phi) is 2.96. The van der Waals surface area contributed by atoms with Crippen LogP contribution in [0.25, 0.3) is 0 Å². The van der Waals surface area contributed by atoms with Crippen molar-refractivity contribution in [2.24, 2.45) is 0 Å². The average molecular weight is 205 g/mol. The standard InChI is InChI=1S/C13H19NO/c1-3-14(4-2)12-9-8-11-10(12)6-5-7-13(11)15/h5-7,12,15H,3-4,8-9H2,1-2H3. The smallest absolute Gasteiger partial charge is 0.119 e. The Bertz CT molecular complexity index is 344. The molecule has 2 nitrogen and oxygen atoms in total. The molecule has 15 heavy (non-hydrogen) atoms. The van der Waals surface area contributed by atoms with E-state index in [2.05, 4.69) is 24.8 Å². The summed E-state index contributed by atoms with van der Waals surface area (Å²) < 4.78 is 0. The molecule has 82 valence electrons. The fraction of sp³-hybridized carbons (Fsp3) is 0.538. The molecule has 2 rings (SSSR count). The van der Waals surface area contributed by atoms with Gasteiger partial charge in [0.2, 0.25) is 0 Å².